The number of nitrogens with one attached hydrogen (secondary N) is 2. The monoisotopic (exact) mass is 442 g/mol. The number of rotatable bonds is 5. The van der Waals surface area contributed by atoms with Crippen molar-refractivity contribution in [2.24, 2.45) is 7.05 Å². The lowest BCUT2D eigenvalue weighted by Gasteiger charge is -2.35. The van der Waals surface area contributed by atoms with E-state index in [4.69, 9.17) is 0 Å². The Hall–Kier alpha value is -3.05. The van der Waals surface area contributed by atoms with Crippen molar-refractivity contribution in [1.29, 1.82) is 0 Å². The van der Waals surface area contributed by atoms with Crippen LogP contribution in [0.3, 0.4) is 0 Å². The minimum Gasteiger partial charge on any atom is -0.353 e. The minimum absolute atomic E-state index is 0.226. The molecule has 1 aliphatic rings. The topological polar surface area (TPSA) is 108 Å². The number of hydrogen-bond donors (Lipinski definition) is 2. The normalized spacial score (nSPS) is 14.7. The number of piperazine rings is 1. The number of carbonyl (C=O) groups excluding carboxylic acids is 2. The van der Waals surface area contributed by atoms with E-state index in [0.717, 1.165) is 55.0 Å². The van der Waals surface area contributed by atoms with E-state index in [1.54, 1.807) is 17.2 Å². The zero-order chi connectivity index (χ0) is 22.0. The average Bonchev–Trinajstić information content (AvgIpc) is 3.35. The Morgan fingerprint density at radius 3 is 2.65 bits per heavy atom. The van der Waals surface area contributed by atoms with Gasteiger partial charge in [-0.3, -0.25) is 30.0 Å². The van der Waals surface area contributed by atoms with Gasteiger partial charge in [0.25, 0.3) is 11.8 Å². The highest BCUT2D eigenvalue weighted by molar-refractivity contribution is 7.14. The maximum Gasteiger partial charge on any atom is 0.279 e. The summed E-state index contributed by atoms with van der Waals surface area (Å²) in [5, 5.41) is 5.19. The molecule has 3 aromatic heterocycles. The van der Waals surface area contributed by atoms with Crippen LogP contribution in [0.15, 0.2) is 18.6 Å². The van der Waals surface area contributed by atoms with E-state index in [1.165, 1.54) is 16.2 Å². The van der Waals surface area contributed by atoms with E-state index >= 15 is 0 Å². The van der Waals surface area contributed by atoms with Gasteiger partial charge in [-0.15, -0.1) is 11.3 Å². The molecule has 4 heterocycles. The molecule has 0 bridgehead atoms. The fraction of sp³-hybridized carbons (Fsp3) is 0.450. The molecule has 2 amide bonds. The van der Waals surface area contributed by atoms with Gasteiger partial charge in [0.15, 0.2) is 5.65 Å². The second-order valence-corrected chi connectivity index (χ2v) is 8.68. The Kier molecular flexibility index (Phi) is 6.14. The lowest BCUT2D eigenvalue weighted by molar-refractivity contribution is -0.123. The Balaban J connectivity index is 1.26. The Morgan fingerprint density at radius 2 is 1.94 bits per heavy atom. The van der Waals surface area contributed by atoms with E-state index in [-0.39, 0.29) is 18.4 Å². The summed E-state index contributed by atoms with van der Waals surface area (Å²) in [6.45, 7) is 7.21. The molecule has 4 rings (SSSR count). The molecule has 0 radical (unpaired) electrons. The summed E-state index contributed by atoms with van der Waals surface area (Å²) in [7, 11) is 1.86. The first-order valence-corrected chi connectivity index (χ1v) is 11.1. The van der Waals surface area contributed by atoms with Gasteiger partial charge >= 0.3 is 0 Å². The van der Waals surface area contributed by atoms with Crippen molar-refractivity contribution in [3.8, 4) is 0 Å². The van der Waals surface area contributed by atoms with E-state index in [0.29, 0.717) is 4.88 Å². The molecule has 1 aliphatic heterocycles. The summed E-state index contributed by atoms with van der Waals surface area (Å²) >= 11 is 1.46. The van der Waals surface area contributed by atoms with E-state index < -0.39 is 0 Å². The van der Waals surface area contributed by atoms with Gasteiger partial charge in [0.1, 0.15) is 12.1 Å². The second-order valence-electron chi connectivity index (χ2n) is 7.54. The first-order chi connectivity index (χ1) is 15.0. The maximum absolute atomic E-state index is 12.3. The van der Waals surface area contributed by atoms with Crippen molar-refractivity contribution < 1.29 is 9.59 Å². The standard InChI is InChI=1S/C20H26N8O2S/c1-4-15-13(2)9-16(31-15)20(30)25-24-17(29)11-27-5-7-28(8-6-27)19-14-10-23-26(3)18(14)21-12-22-19/h9-10,12H,4-8,11H2,1-3H3,(H,24,29)(H,25,30). The number of anilines is 1. The predicted octanol–water partition coefficient (Wildman–Crippen LogP) is 0.879. The zero-order valence-corrected chi connectivity index (χ0v) is 18.7. The van der Waals surface area contributed by atoms with Crippen molar-refractivity contribution in [2.45, 2.75) is 20.3 Å². The third-order valence-electron chi connectivity index (χ3n) is 5.43. The van der Waals surface area contributed by atoms with Gasteiger partial charge < -0.3 is 4.90 Å². The molecule has 3 aromatic rings. The van der Waals surface area contributed by atoms with Crippen molar-refractivity contribution >= 4 is 40.0 Å². The second kappa shape index (κ2) is 8.98. The van der Waals surface area contributed by atoms with Crippen LogP contribution in [-0.4, -0.2) is 69.2 Å². The fourth-order valence-electron chi connectivity index (χ4n) is 3.73. The molecule has 10 nitrogen and oxygen atoms in total. The molecular formula is C20H26N8O2S. The third kappa shape index (κ3) is 4.52. The highest BCUT2D eigenvalue weighted by Crippen LogP contribution is 2.23. The number of aryl methyl sites for hydroxylation is 3. The van der Waals surface area contributed by atoms with Gasteiger partial charge in [0.05, 0.1) is 23.0 Å². The molecule has 0 atom stereocenters. The van der Waals surface area contributed by atoms with E-state index in [9.17, 15) is 9.59 Å². The maximum atomic E-state index is 12.3. The van der Waals surface area contributed by atoms with Crippen LogP contribution < -0.4 is 15.8 Å². The molecular weight excluding hydrogens is 416 g/mol. The summed E-state index contributed by atoms with van der Waals surface area (Å²) in [5.41, 5.74) is 6.95. The van der Waals surface area contributed by atoms with Crippen LogP contribution >= 0.6 is 11.3 Å². The third-order valence-corrected chi connectivity index (χ3v) is 6.81. The van der Waals surface area contributed by atoms with Crippen LogP contribution in [0.25, 0.3) is 11.0 Å². The summed E-state index contributed by atoms with van der Waals surface area (Å²) in [5.74, 6) is 0.352. The van der Waals surface area contributed by atoms with E-state index in [1.807, 2.05) is 20.0 Å². The molecule has 2 N–H and O–H groups in total. The zero-order valence-electron chi connectivity index (χ0n) is 17.9. The number of hydrogen-bond acceptors (Lipinski definition) is 8. The van der Waals surface area contributed by atoms with Crippen LogP contribution in [0.1, 0.15) is 27.0 Å². The Morgan fingerprint density at radius 1 is 1.16 bits per heavy atom. The predicted molar refractivity (Wildman–Crippen MR) is 119 cm³/mol. The number of carbonyl (C=O) groups is 2. The Labute approximate surface area is 184 Å². The van der Waals surface area contributed by atoms with Crippen molar-refractivity contribution in [3.05, 3.63) is 33.9 Å². The molecule has 0 saturated carbocycles. The summed E-state index contributed by atoms with van der Waals surface area (Å²) in [4.78, 5) is 39.3. The van der Waals surface area contributed by atoms with Crippen molar-refractivity contribution in [1.82, 2.24) is 35.5 Å². The highest BCUT2D eigenvalue weighted by Gasteiger charge is 2.22. The highest BCUT2D eigenvalue weighted by atomic mass is 32.1. The van der Waals surface area contributed by atoms with Gasteiger partial charge in [0, 0.05) is 38.1 Å². The molecule has 0 unspecified atom stereocenters. The Bertz CT molecular complexity index is 1100. The molecule has 31 heavy (non-hydrogen) atoms. The number of thiophene rings is 1. The van der Waals surface area contributed by atoms with Gasteiger partial charge in [-0.05, 0) is 25.0 Å². The number of aromatic nitrogens is 4. The lowest BCUT2D eigenvalue weighted by atomic mass is 10.2. The fourth-order valence-corrected chi connectivity index (χ4v) is 4.74. The molecule has 164 valence electrons. The molecule has 0 aliphatic carbocycles. The van der Waals surface area contributed by atoms with Gasteiger partial charge in [-0.1, -0.05) is 6.92 Å². The molecule has 0 aromatic carbocycles. The first kappa shape index (κ1) is 21.2. The van der Waals surface area contributed by atoms with E-state index in [2.05, 4.69) is 42.6 Å². The van der Waals surface area contributed by atoms with Gasteiger partial charge in [-0.2, -0.15) is 5.10 Å². The van der Waals surface area contributed by atoms with Crippen molar-refractivity contribution in [3.63, 3.8) is 0 Å². The number of hydrazine groups is 1. The average molecular weight is 443 g/mol. The molecule has 0 spiro atoms. The van der Waals surface area contributed by atoms with Crippen molar-refractivity contribution in [2.75, 3.05) is 37.6 Å². The largest absolute Gasteiger partial charge is 0.353 e. The smallest absolute Gasteiger partial charge is 0.279 e. The number of amides is 2. The summed E-state index contributed by atoms with van der Waals surface area (Å²) in [6.07, 6.45) is 4.23. The van der Waals surface area contributed by atoms with Crippen LogP contribution in [-0.2, 0) is 18.3 Å². The number of fused-ring (bicyclic) bond motifs is 1. The van der Waals surface area contributed by atoms with Crippen LogP contribution in [0, 0.1) is 6.92 Å². The van der Waals surface area contributed by atoms with Gasteiger partial charge in [-0.25, -0.2) is 9.97 Å². The summed E-state index contributed by atoms with van der Waals surface area (Å²) < 4.78 is 1.73. The van der Waals surface area contributed by atoms with Crippen LogP contribution in [0.5, 0.6) is 0 Å². The minimum atomic E-state index is -0.282. The van der Waals surface area contributed by atoms with Crippen LogP contribution in [0.2, 0.25) is 0 Å². The SMILES string of the molecule is CCc1sc(C(=O)NNC(=O)CN2CCN(c3ncnc4c3cnn4C)CC2)cc1C. The molecule has 11 heteroatoms. The molecule has 1 fully saturated rings. The quantitative estimate of drug-likeness (QED) is 0.565. The van der Waals surface area contributed by atoms with Gasteiger partial charge in [0.2, 0.25) is 0 Å². The summed E-state index contributed by atoms with van der Waals surface area (Å²) in [6, 6.07) is 1.86. The first-order valence-electron chi connectivity index (χ1n) is 10.2. The lowest BCUT2D eigenvalue weighted by Crippen LogP contribution is -2.52. The molecule has 1 saturated heterocycles. The van der Waals surface area contributed by atoms with Crippen LogP contribution in [0.4, 0.5) is 5.82 Å². The number of nitrogens with zero attached hydrogens (tertiary/aromatic N) is 6.